The molecule has 102 valence electrons. The lowest BCUT2D eigenvalue weighted by Crippen LogP contribution is -2.45. The minimum Gasteiger partial charge on any atom is -0.199 e. The second-order valence-corrected chi connectivity index (χ2v) is 6.42. The van der Waals surface area contributed by atoms with Crippen LogP contribution in [0.5, 0.6) is 0 Å². The summed E-state index contributed by atoms with van der Waals surface area (Å²) in [6, 6.07) is -0.622. The van der Waals surface area contributed by atoms with E-state index in [1.807, 2.05) is 0 Å². The molecule has 0 unspecified atom stereocenters. The topological polar surface area (TPSA) is 49.4 Å². The normalized spacial score (nSPS) is 27.4. The molecule has 8 heteroatoms. The number of hydrogen-bond donors (Lipinski definition) is 1. The first-order valence-corrected chi connectivity index (χ1v) is 6.83. The molecule has 0 aromatic carbocycles. The highest BCUT2D eigenvalue weighted by atomic mass is 32.2. The van der Waals surface area contributed by atoms with Crippen LogP contribution in [0.4, 0.5) is 13.2 Å². The molecule has 1 saturated carbocycles. The predicted octanol–water partition coefficient (Wildman–Crippen LogP) is 1.50. The van der Waals surface area contributed by atoms with Crippen molar-refractivity contribution in [1.29, 1.82) is 0 Å². The van der Waals surface area contributed by atoms with Gasteiger partial charge in [0.15, 0.2) is 0 Å². The Hall–Kier alpha value is -0.340. The van der Waals surface area contributed by atoms with Gasteiger partial charge in [-0.2, -0.15) is 30.6 Å². The van der Waals surface area contributed by atoms with Crippen LogP contribution in [-0.4, -0.2) is 39.0 Å². The first-order valence-electron chi connectivity index (χ1n) is 5.39. The molecule has 0 aromatic rings. The summed E-state index contributed by atoms with van der Waals surface area (Å²) >= 11 is 0. The van der Waals surface area contributed by atoms with Gasteiger partial charge < -0.3 is 0 Å². The van der Waals surface area contributed by atoms with Crippen molar-refractivity contribution in [3.05, 3.63) is 0 Å². The van der Waals surface area contributed by atoms with Crippen LogP contribution in [0.1, 0.15) is 25.7 Å². The Morgan fingerprint density at radius 3 is 2.29 bits per heavy atom. The maximum absolute atomic E-state index is 12.5. The first kappa shape index (κ1) is 14.7. The van der Waals surface area contributed by atoms with Crippen molar-refractivity contribution in [1.82, 2.24) is 9.03 Å². The Balaban J connectivity index is 2.63. The maximum atomic E-state index is 12.5. The molecular weight excluding hydrogens is 257 g/mol. The highest BCUT2D eigenvalue weighted by Gasteiger charge is 2.42. The van der Waals surface area contributed by atoms with Crippen LogP contribution in [0.2, 0.25) is 0 Å². The lowest BCUT2D eigenvalue weighted by atomic mass is 9.86. The predicted molar refractivity (Wildman–Crippen MR) is 57.5 cm³/mol. The molecule has 0 aromatic heterocycles. The highest BCUT2D eigenvalue weighted by molar-refractivity contribution is 7.87. The summed E-state index contributed by atoms with van der Waals surface area (Å²) in [5, 5.41) is 0. The van der Waals surface area contributed by atoms with Crippen LogP contribution < -0.4 is 4.72 Å². The van der Waals surface area contributed by atoms with Gasteiger partial charge in [0.25, 0.3) is 10.2 Å². The van der Waals surface area contributed by atoms with E-state index < -0.39 is 28.3 Å². The third-order valence-corrected chi connectivity index (χ3v) is 4.53. The fourth-order valence-electron chi connectivity index (χ4n) is 1.91. The molecule has 0 amide bonds. The zero-order chi connectivity index (χ0) is 13.3. The lowest BCUT2D eigenvalue weighted by molar-refractivity contribution is -0.183. The number of nitrogens with one attached hydrogen (secondary N) is 1. The van der Waals surface area contributed by atoms with E-state index in [-0.39, 0.29) is 12.8 Å². The summed E-state index contributed by atoms with van der Waals surface area (Å²) in [7, 11) is -0.971. The maximum Gasteiger partial charge on any atom is 0.391 e. The Morgan fingerprint density at radius 2 is 1.82 bits per heavy atom. The molecule has 0 saturated heterocycles. The van der Waals surface area contributed by atoms with Gasteiger partial charge in [-0.05, 0) is 19.3 Å². The smallest absolute Gasteiger partial charge is 0.199 e. The van der Waals surface area contributed by atoms with Gasteiger partial charge in [0.05, 0.1) is 5.92 Å². The van der Waals surface area contributed by atoms with Crippen molar-refractivity contribution >= 4 is 10.2 Å². The molecule has 0 bridgehead atoms. The quantitative estimate of drug-likeness (QED) is 0.848. The number of rotatable bonds is 3. The lowest BCUT2D eigenvalue weighted by Gasteiger charge is -2.31. The van der Waals surface area contributed by atoms with Crippen LogP contribution in [0.25, 0.3) is 0 Å². The summed E-state index contributed by atoms with van der Waals surface area (Å²) in [5.74, 6) is -1.40. The molecule has 4 nitrogen and oxygen atoms in total. The van der Waals surface area contributed by atoms with E-state index in [2.05, 4.69) is 4.72 Å². The summed E-state index contributed by atoms with van der Waals surface area (Å²) < 4.78 is 63.8. The summed E-state index contributed by atoms with van der Waals surface area (Å²) in [5.41, 5.74) is 0. The van der Waals surface area contributed by atoms with Crippen molar-refractivity contribution < 1.29 is 21.6 Å². The van der Waals surface area contributed by atoms with Gasteiger partial charge in [-0.25, -0.2) is 0 Å². The number of nitrogens with zero attached hydrogens (tertiary/aromatic N) is 1. The monoisotopic (exact) mass is 274 g/mol. The Labute approximate surface area is 99.4 Å². The molecule has 1 aliphatic carbocycles. The van der Waals surface area contributed by atoms with Crippen LogP contribution >= 0.6 is 0 Å². The third kappa shape index (κ3) is 4.11. The van der Waals surface area contributed by atoms with Crippen molar-refractivity contribution in [3.8, 4) is 0 Å². The average Bonchev–Trinajstić information content (AvgIpc) is 2.15. The molecule has 1 N–H and O–H groups in total. The molecule has 0 radical (unpaired) electrons. The minimum absolute atomic E-state index is 0.0870. The van der Waals surface area contributed by atoms with Gasteiger partial charge in [-0.1, -0.05) is 6.42 Å². The summed E-state index contributed by atoms with van der Waals surface area (Å²) in [6.45, 7) is 0. The fourth-order valence-corrected chi connectivity index (χ4v) is 2.76. The third-order valence-electron chi connectivity index (χ3n) is 2.93. The van der Waals surface area contributed by atoms with Gasteiger partial charge in [-0.15, -0.1) is 0 Å². The van der Waals surface area contributed by atoms with Gasteiger partial charge in [0, 0.05) is 20.1 Å². The summed E-state index contributed by atoms with van der Waals surface area (Å²) in [6.07, 6.45) is -3.47. The molecule has 0 aliphatic heterocycles. The molecule has 1 aliphatic rings. The number of alkyl halides is 3. The zero-order valence-electron chi connectivity index (χ0n) is 9.79. The fraction of sp³-hybridized carbons (Fsp3) is 1.00. The minimum atomic E-state index is -4.23. The Bertz CT molecular complexity index is 354. The number of halogens is 3. The second kappa shape index (κ2) is 5.11. The molecular formula is C9H17F3N2O2S. The molecule has 17 heavy (non-hydrogen) atoms. The van der Waals surface area contributed by atoms with Crippen LogP contribution in [0.3, 0.4) is 0 Å². The van der Waals surface area contributed by atoms with E-state index in [1.54, 1.807) is 0 Å². The average molecular weight is 274 g/mol. The van der Waals surface area contributed by atoms with E-state index in [0.717, 1.165) is 4.31 Å². The molecule has 1 rings (SSSR count). The summed E-state index contributed by atoms with van der Waals surface area (Å²) in [4.78, 5) is 0. The van der Waals surface area contributed by atoms with Crippen molar-refractivity contribution in [2.45, 2.75) is 37.9 Å². The van der Waals surface area contributed by atoms with Crippen LogP contribution in [0, 0.1) is 5.92 Å². The van der Waals surface area contributed by atoms with Crippen molar-refractivity contribution in [2.24, 2.45) is 5.92 Å². The van der Waals surface area contributed by atoms with Gasteiger partial charge in [-0.3, -0.25) is 0 Å². The molecule has 0 heterocycles. The molecule has 1 fully saturated rings. The Morgan fingerprint density at radius 1 is 1.24 bits per heavy atom. The number of hydrogen-bond acceptors (Lipinski definition) is 2. The zero-order valence-corrected chi connectivity index (χ0v) is 10.6. The van der Waals surface area contributed by atoms with E-state index in [0.29, 0.717) is 12.8 Å². The van der Waals surface area contributed by atoms with Gasteiger partial charge in [0.2, 0.25) is 0 Å². The van der Waals surface area contributed by atoms with Crippen molar-refractivity contribution in [2.75, 3.05) is 14.1 Å². The molecule has 2 atom stereocenters. The van der Waals surface area contributed by atoms with Crippen LogP contribution in [-0.2, 0) is 10.2 Å². The van der Waals surface area contributed by atoms with E-state index in [4.69, 9.17) is 0 Å². The van der Waals surface area contributed by atoms with E-state index in [1.165, 1.54) is 14.1 Å². The second-order valence-electron chi connectivity index (χ2n) is 4.51. The van der Waals surface area contributed by atoms with E-state index >= 15 is 0 Å². The van der Waals surface area contributed by atoms with E-state index in [9.17, 15) is 21.6 Å². The van der Waals surface area contributed by atoms with Crippen LogP contribution in [0.15, 0.2) is 0 Å². The highest BCUT2D eigenvalue weighted by Crippen LogP contribution is 2.37. The standard InChI is InChI=1S/C9H17F3N2O2S/c1-14(2)17(15,16)13-8-5-3-4-7(6-8)9(10,11)12/h7-8,13H,3-6H2,1-2H3/t7-,8+/m0/s1. The first-order chi connectivity index (χ1) is 7.63. The largest absolute Gasteiger partial charge is 0.391 e. The Kier molecular flexibility index (Phi) is 4.43. The van der Waals surface area contributed by atoms with Gasteiger partial charge in [0.1, 0.15) is 0 Å². The van der Waals surface area contributed by atoms with Crippen molar-refractivity contribution in [3.63, 3.8) is 0 Å². The SMILES string of the molecule is CN(C)S(=O)(=O)N[C@@H]1CCC[C@H](C(F)(F)F)C1. The van der Waals surface area contributed by atoms with Gasteiger partial charge >= 0.3 is 6.18 Å². The molecule has 0 spiro atoms.